The first kappa shape index (κ1) is 34.9. The number of para-hydroxylation sites is 4. The molecule has 302 valence electrons. The molecule has 0 saturated carbocycles. The first-order valence-corrected chi connectivity index (χ1v) is 22.2. The third kappa shape index (κ3) is 4.55. The lowest BCUT2D eigenvalue weighted by Crippen LogP contribution is -2.26. The Balaban J connectivity index is 1.06. The minimum atomic E-state index is -0.501. The number of hydrogen-bond acceptors (Lipinski definition) is 4. The average Bonchev–Trinajstić information content (AvgIpc) is 4.17. The van der Waals surface area contributed by atoms with Crippen LogP contribution in [-0.2, 0) is 5.41 Å². The maximum absolute atomic E-state index is 7.18. The van der Waals surface area contributed by atoms with Crippen molar-refractivity contribution in [2.24, 2.45) is 0 Å². The van der Waals surface area contributed by atoms with Crippen LogP contribution < -0.4 is 4.90 Å². The summed E-state index contributed by atoms with van der Waals surface area (Å²) in [6, 6.07) is 76.5. The predicted octanol–water partition coefficient (Wildman–Crippen LogP) is 16.9. The fraction of sp³-hybridized carbons (Fsp3) is 0.0164. The predicted molar refractivity (Wildman–Crippen MR) is 265 cm³/mol. The molecule has 0 saturated heterocycles. The van der Waals surface area contributed by atoms with E-state index >= 15 is 0 Å². The van der Waals surface area contributed by atoms with E-state index < -0.39 is 5.41 Å². The smallest absolute Gasteiger partial charge is 0.159 e. The summed E-state index contributed by atoms with van der Waals surface area (Å²) >= 11 is 0. The average molecular weight is 830 g/mol. The molecule has 3 aromatic heterocycles. The maximum atomic E-state index is 7.18. The van der Waals surface area contributed by atoms with E-state index in [4.69, 9.17) is 13.3 Å². The summed E-state index contributed by atoms with van der Waals surface area (Å²) in [6.45, 7) is 0. The van der Waals surface area contributed by atoms with Crippen LogP contribution in [0.5, 0.6) is 0 Å². The molecule has 4 heteroatoms. The third-order valence-corrected chi connectivity index (χ3v) is 14.3. The van der Waals surface area contributed by atoms with Gasteiger partial charge in [-0.25, -0.2) is 0 Å². The number of fused-ring (bicyclic) bond motifs is 20. The standard InChI is InChI=1S/C61H35NO3/c1-2-15-37(16-3-1)62(38-29-30-43-42-19-6-11-26-50(42)61(51(43)35-38)48-24-9-4-17-40(48)41-18-5-10-25-49(41)61)52-34-36(39-22-14-23-45-44-20-7-12-27-53(44)64-59(39)45)33-47-58-56(65-60(47)52)32-31-55-57(58)46-21-8-13-28-54(46)63-55/h1-35H. The second-order valence-corrected chi connectivity index (χ2v) is 17.5. The molecule has 15 rings (SSSR count). The molecule has 0 fully saturated rings. The Labute approximate surface area is 372 Å². The van der Waals surface area contributed by atoms with Gasteiger partial charge in [0.2, 0.25) is 0 Å². The largest absolute Gasteiger partial charge is 0.456 e. The first-order valence-electron chi connectivity index (χ1n) is 22.2. The zero-order chi connectivity index (χ0) is 42.4. The van der Waals surface area contributed by atoms with Crippen LogP contribution in [0.15, 0.2) is 226 Å². The van der Waals surface area contributed by atoms with Crippen LogP contribution in [0.2, 0.25) is 0 Å². The molecule has 0 aliphatic heterocycles. The Bertz CT molecular complexity index is 4080. The molecule has 10 aromatic carbocycles. The van der Waals surface area contributed by atoms with Crippen LogP contribution >= 0.6 is 0 Å². The van der Waals surface area contributed by atoms with Crippen molar-refractivity contribution in [3.05, 3.63) is 235 Å². The number of rotatable bonds is 4. The quantitative estimate of drug-likeness (QED) is 0.177. The van der Waals surface area contributed by atoms with Crippen molar-refractivity contribution in [3.63, 3.8) is 0 Å². The van der Waals surface area contributed by atoms with Gasteiger partial charge in [0.05, 0.1) is 11.1 Å². The molecule has 0 unspecified atom stereocenters. The Hall–Kier alpha value is -8.60. The van der Waals surface area contributed by atoms with E-state index in [0.717, 1.165) is 94.0 Å². The van der Waals surface area contributed by atoms with Crippen molar-refractivity contribution >= 4 is 82.9 Å². The van der Waals surface area contributed by atoms with Gasteiger partial charge >= 0.3 is 0 Å². The van der Waals surface area contributed by atoms with Crippen molar-refractivity contribution in [1.29, 1.82) is 0 Å². The normalized spacial score (nSPS) is 13.4. The Kier molecular flexibility index (Phi) is 6.85. The fourth-order valence-corrected chi connectivity index (χ4v) is 11.7. The van der Waals surface area contributed by atoms with Crippen molar-refractivity contribution in [1.82, 2.24) is 0 Å². The molecule has 0 N–H and O–H groups in total. The zero-order valence-electron chi connectivity index (χ0n) is 34.9. The molecule has 1 spiro atoms. The molecule has 4 nitrogen and oxygen atoms in total. The number of anilines is 3. The number of benzene rings is 10. The van der Waals surface area contributed by atoms with E-state index in [1.54, 1.807) is 0 Å². The highest BCUT2D eigenvalue weighted by molar-refractivity contribution is 6.27. The van der Waals surface area contributed by atoms with Crippen LogP contribution in [0.4, 0.5) is 17.1 Å². The van der Waals surface area contributed by atoms with Gasteiger partial charge in [0.15, 0.2) is 5.58 Å². The van der Waals surface area contributed by atoms with Crippen molar-refractivity contribution < 1.29 is 13.3 Å². The summed E-state index contributed by atoms with van der Waals surface area (Å²) in [6.07, 6.45) is 0. The van der Waals surface area contributed by atoms with Crippen LogP contribution in [-0.4, -0.2) is 0 Å². The SMILES string of the molecule is c1ccc(N(c2ccc3c(c2)C2(c4ccccc4-c4ccccc42)c2ccccc2-3)c2cc(-c3cccc4c3oc3ccccc34)cc3c2oc2ccc4oc5ccccc5c4c23)cc1. The first-order chi connectivity index (χ1) is 32.2. The monoisotopic (exact) mass is 829 g/mol. The zero-order valence-corrected chi connectivity index (χ0v) is 34.9. The van der Waals surface area contributed by atoms with Crippen molar-refractivity contribution in [3.8, 4) is 33.4 Å². The molecule has 2 aliphatic carbocycles. The maximum Gasteiger partial charge on any atom is 0.159 e. The molecule has 0 atom stereocenters. The van der Waals surface area contributed by atoms with Gasteiger partial charge in [-0.05, 0) is 111 Å². The highest BCUT2D eigenvalue weighted by Gasteiger charge is 2.51. The van der Waals surface area contributed by atoms with Crippen molar-refractivity contribution in [2.75, 3.05) is 4.90 Å². The minimum absolute atomic E-state index is 0.501. The third-order valence-electron chi connectivity index (χ3n) is 14.3. The second kappa shape index (κ2) is 12.7. The lowest BCUT2D eigenvalue weighted by atomic mass is 9.70. The van der Waals surface area contributed by atoms with Gasteiger partial charge in [-0.1, -0.05) is 152 Å². The molecule has 0 amide bonds. The van der Waals surface area contributed by atoms with Gasteiger partial charge in [0.1, 0.15) is 27.9 Å². The van der Waals surface area contributed by atoms with Gasteiger partial charge in [0, 0.05) is 49.3 Å². The summed E-state index contributed by atoms with van der Waals surface area (Å²) in [5.74, 6) is 0. The van der Waals surface area contributed by atoms with E-state index in [2.05, 4.69) is 193 Å². The molecule has 0 radical (unpaired) electrons. The highest BCUT2D eigenvalue weighted by Crippen LogP contribution is 2.63. The van der Waals surface area contributed by atoms with Gasteiger partial charge in [0.25, 0.3) is 0 Å². The van der Waals surface area contributed by atoms with Gasteiger partial charge in [-0.2, -0.15) is 0 Å². The summed E-state index contributed by atoms with van der Waals surface area (Å²) in [7, 11) is 0. The van der Waals surface area contributed by atoms with Gasteiger partial charge in [-0.3, -0.25) is 0 Å². The van der Waals surface area contributed by atoms with Crippen LogP contribution in [0, 0.1) is 0 Å². The Morgan fingerprint density at radius 2 is 0.846 bits per heavy atom. The topological polar surface area (TPSA) is 42.7 Å². The van der Waals surface area contributed by atoms with E-state index in [1.807, 2.05) is 24.3 Å². The van der Waals surface area contributed by atoms with Crippen LogP contribution in [0.1, 0.15) is 22.3 Å². The summed E-state index contributed by atoms with van der Waals surface area (Å²) < 4.78 is 20.4. The van der Waals surface area contributed by atoms with E-state index in [1.165, 1.54) is 44.5 Å². The van der Waals surface area contributed by atoms with E-state index in [-0.39, 0.29) is 0 Å². The van der Waals surface area contributed by atoms with Crippen LogP contribution in [0.3, 0.4) is 0 Å². The van der Waals surface area contributed by atoms with E-state index in [9.17, 15) is 0 Å². The van der Waals surface area contributed by atoms with Crippen LogP contribution in [0.25, 0.3) is 99.2 Å². The Morgan fingerprint density at radius 3 is 1.57 bits per heavy atom. The fourth-order valence-electron chi connectivity index (χ4n) is 11.7. The van der Waals surface area contributed by atoms with Crippen molar-refractivity contribution in [2.45, 2.75) is 5.41 Å². The Morgan fingerprint density at radius 1 is 0.308 bits per heavy atom. The minimum Gasteiger partial charge on any atom is -0.456 e. The lowest BCUT2D eigenvalue weighted by Gasteiger charge is -2.32. The summed E-state index contributed by atoms with van der Waals surface area (Å²) in [5.41, 5.74) is 19.8. The molecule has 3 heterocycles. The summed E-state index contributed by atoms with van der Waals surface area (Å²) in [5, 5.41) is 6.31. The lowest BCUT2D eigenvalue weighted by molar-refractivity contribution is 0.663. The molecular weight excluding hydrogens is 795 g/mol. The van der Waals surface area contributed by atoms with Gasteiger partial charge in [-0.15, -0.1) is 0 Å². The number of hydrogen-bond donors (Lipinski definition) is 0. The second-order valence-electron chi connectivity index (χ2n) is 17.5. The highest BCUT2D eigenvalue weighted by atomic mass is 16.3. The molecule has 65 heavy (non-hydrogen) atoms. The van der Waals surface area contributed by atoms with E-state index in [0.29, 0.717) is 0 Å². The molecule has 13 aromatic rings. The van der Waals surface area contributed by atoms with Gasteiger partial charge < -0.3 is 18.2 Å². The number of furan rings is 3. The molecule has 2 aliphatic rings. The summed E-state index contributed by atoms with van der Waals surface area (Å²) in [4.78, 5) is 2.39. The number of nitrogens with zero attached hydrogens (tertiary/aromatic N) is 1. The molecular formula is C61H35NO3. The molecule has 0 bridgehead atoms.